The Bertz CT molecular complexity index is 663. The number of benzene rings is 1. The Morgan fingerprint density at radius 2 is 2.11 bits per heavy atom. The van der Waals surface area contributed by atoms with Gasteiger partial charge in [-0.05, 0) is 19.1 Å². The number of para-hydroxylation sites is 1. The van der Waals surface area contributed by atoms with Gasteiger partial charge in [0.2, 0.25) is 0 Å². The number of fused-ring (bicyclic) bond motifs is 1. The molecule has 6 nitrogen and oxygen atoms in total. The third kappa shape index (κ3) is 2.43. The molecule has 0 bridgehead atoms. The number of hydrogen-bond donors (Lipinski definition) is 1. The topological polar surface area (TPSA) is 80.0 Å². The number of hydrogen-bond acceptors (Lipinski definition) is 5. The van der Waals surface area contributed by atoms with Gasteiger partial charge in [-0.25, -0.2) is 14.7 Å². The van der Waals surface area contributed by atoms with E-state index in [1.807, 2.05) is 0 Å². The van der Waals surface area contributed by atoms with Gasteiger partial charge in [-0.1, -0.05) is 18.2 Å². The summed E-state index contributed by atoms with van der Waals surface area (Å²) in [5.74, 6) is -1.10. The summed E-state index contributed by atoms with van der Waals surface area (Å²) in [6.45, 7) is 1.42. The van der Waals surface area contributed by atoms with Crippen LogP contribution >= 0.6 is 0 Å². The smallest absolute Gasteiger partial charge is 0.362 e. The van der Waals surface area contributed by atoms with Crippen molar-refractivity contribution < 1.29 is 19.2 Å². The third-order valence-corrected chi connectivity index (χ3v) is 2.77. The zero-order valence-electron chi connectivity index (χ0n) is 10.5. The Morgan fingerprint density at radius 1 is 1.42 bits per heavy atom. The molecule has 0 saturated carbocycles. The van der Waals surface area contributed by atoms with E-state index in [4.69, 9.17) is 14.4 Å². The molecule has 6 heteroatoms. The molecule has 100 valence electrons. The second-order valence-electron chi connectivity index (χ2n) is 3.98. The fraction of sp³-hybridized carbons (Fsp3) is 0.231. The number of carbonyl (C=O) groups is 1. The molecular formula is C13H13NO5. The lowest BCUT2D eigenvalue weighted by Crippen LogP contribution is -2.40. The first-order chi connectivity index (χ1) is 9.04. The molecule has 2 aromatic rings. The van der Waals surface area contributed by atoms with Crippen LogP contribution in [0.5, 0.6) is 0 Å². The molecule has 0 aliphatic heterocycles. The largest absolute Gasteiger partial charge is 0.480 e. The van der Waals surface area contributed by atoms with Crippen molar-refractivity contribution in [3.05, 3.63) is 40.8 Å². The van der Waals surface area contributed by atoms with Crippen LogP contribution in [0.2, 0.25) is 0 Å². The van der Waals surface area contributed by atoms with E-state index in [0.29, 0.717) is 11.0 Å². The molecule has 0 unspecified atom stereocenters. The van der Waals surface area contributed by atoms with Gasteiger partial charge in [0, 0.05) is 5.39 Å². The van der Waals surface area contributed by atoms with Crippen LogP contribution in [0.25, 0.3) is 11.0 Å². The fourth-order valence-corrected chi connectivity index (χ4v) is 1.77. The summed E-state index contributed by atoms with van der Waals surface area (Å²) in [6.07, 6.45) is 0. The Labute approximate surface area is 108 Å². The van der Waals surface area contributed by atoms with E-state index in [9.17, 15) is 9.59 Å². The predicted octanol–water partition coefficient (Wildman–Crippen LogP) is 1.63. The SMILES string of the molecule is CON(c1cc2ccccc2oc1=O)[C@@H](C)C(=O)O. The van der Waals surface area contributed by atoms with E-state index in [-0.39, 0.29) is 5.69 Å². The lowest BCUT2D eigenvalue weighted by Gasteiger charge is -2.24. The minimum Gasteiger partial charge on any atom is -0.480 e. The summed E-state index contributed by atoms with van der Waals surface area (Å²) in [5, 5.41) is 10.7. The van der Waals surface area contributed by atoms with Crippen molar-refractivity contribution >= 4 is 22.6 Å². The van der Waals surface area contributed by atoms with Crippen molar-refractivity contribution in [2.75, 3.05) is 12.2 Å². The highest BCUT2D eigenvalue weighted by Crippen LogP contribution is 2.19. The molecule has 0 radical (unpaired) electrons. The summed E-state index contributed by atoms with van der Waals surface area (Å²) < 4.78 is 5.14. The number of anilines is 1. The summed E-state index contributed by atoms with van der Waals surface area (Å²) in [6, 6.07) is 7.51. The van der Waals surface area contributed by atoms with Crippen molar-refractivity contribution in [1.82, 2.24) is 0 Å². The molecule has 0 fully saturated rings. The van der Waals surface area contributed by atoms with Crippen LogP contribution in [0.3, 0.4) is 0 Å². The maximum Gasteiger partial charge on any atom is 0.362 e. The van der Waals surface area contributed by atoms with Gasteiger partial charge in [0.05, 0.1) is 7.11 Å². The number of nitrogens with zero attached hydrogens (tertiary/aromatic N) is 1. The second kappa shape index (κ2) is 5.11. The molecule has 0 saturated heterocycles. The standard InChI is InChI=1S/C13H13NO5/c1-8(12(15)16)14(18-2)10-7-9-5-3-4-6-11(9)19-13(10)17/h3-8H,1-2H3,(H,15,16)/t8-/m0/s1. The Balaban J connectivity index is 2.57. The number of hydroxylamine groups is 1. The molecule has 19 heavy (non-hydrogen) atoms. The Kier molecular flexibility index (Phi) is 3.52. The quantitative estimate of drug-likeness (QED) is 0.667. The molecule has 1 N–H and O–H groups in total. The zero-order chi connectivity index (χ0) is 14.0. The van der Waals surface area contributed by atoms with Crippen LogP contribution in [0.1, 0.15) is 6.92 Å². The highest BCUT2D eigenvalue weighted by molar-refractivity contribution is 5.81. The van der Waals surface area contributed by atoms with Gasteiger partial charge in [-0.3, -0.25) is 4.84 Å². The summed E-state index contributed by atoms with van der Waals surface area (Å²) in [7, 11) is 1.30. The summed E-state index contributed by atoms with van der Waals surface area (Å²) in [5.41, 5.74) is -0.153. The second-order valence-corrected chi connectivity index (χ2v) is 3.98. The normalized spacial score (nSPS) is 12.3. The minimum absolute atomic E-state index is 0.0519. The van der Waals surface area contributed by atoms with Crippen LogP contribution in [0.15, 0.2) is 39.5 Å². The van der Waals surface area contributed by atoms with Gasteiger partial charge >= 0.3 is 11.6 Å². The number of aliphatic carboxylic acids is 1. The van der Waals surface area contributed by atoms with Gasteiger partial charge < -0.3 is 9.52 Å². The van der Waals surface area contributed by atoms with E-state index in [0.717, 1.165) is 5.06 Å². The molecule has 0 aliphatic carbocycles. The Morgan fingerprint density at radius 3 is 2.74 bits per heavy atom. The number of carboxylic acids is 1. The van der Waals surface area contributed by atoms with Crippen molar-refractivity contribution in [3.63, 3.8) is 0 Å². The highest BCUT2D eigenvalue weighted by Gasteiger charge is 2.24. The van der Waals surface area contributed by atoms with Gasteiger partial charge in [-0.15, -0.1) is 0 Å². The molecule has 1 aromatic carbocycles. The van der Waals surface area contributed by atoms with E-state index in [1.165, 1.54) is 14.0 Å². The molecular weight excluding hydrogens is 250 g/mol. The van der Waals surface area contributed by atoms with Crippen molar-refractivity contribution in [2.45, 2.75) is 13.0 Å². The van der Waals surface area contributed by atoms with Gasteiger partial charge in [0.15, 0.2) is 11.7 Å². The molecule has 1 atom stereocenters. The Hall–Kier alpha value is -2.34. The van der Waals surface area contributed by atoms with Crippen molar-refractivity contribution in [2.24, 2.45) is 0 Å². The van der Waals surface area contributed by atoms with Crippen LogP contribution in [-0.4, -0.2) is 24.2 Å². The molecule has 1 heterocycles. The van der Waals surface area contributed by atoms with Gasteiger partial charge in [0.1, 0.15) is 5.58 Å². The molecule has 0 amide bonds. The van der Waals surface area contributed by atoms with E-state index in [1.54, 1.807) is 30.3 Å². The highest BCUT2D eigenvalue weighted by atomic mass is 16.7. The van der Waals surface area contributed by atoms with Crippen molar-refractivity contribution in [3.8, 4) is 0 Å². The summed E-state index contributed by atoms with van der Waals surface area (Å²) >= 11 is 0. The third-order valence-electron chi connectivity index (χ3n) is 2.77. The molecule has 0 spiro atoms. The first kappa shape index (κ1) is 13.1. The van der Waals surface area contributed by atoms with E-state index in [2.05, 4.69) is 0 Å². The lowest BCUT2D eigenvalue weighted by atomic mass is 10.2. The van der Waals surface area contributed by atoms with E-state index >= 15 is 0 Å². The first-order valence-electron chi connectivity index (χ1n) is 5.63. The average Bonchev–Trinajstić information content (AvgIpc) is 2.39. The molecule has 2 rings (SSSR count). The van der Waals surface area contributed by atoms with Crippen LogP contribution < -0.4 is 10.7 Å². The lowest BCUT2D eigenvalue weighted by molar-refractivity contribution is -0.140. The maximum absolute atomic E-state index is 11.9. The predicted molar refractivity (Wildman–Crippen MR) is 69.1 cm³/mol. The van der Waals surface area contributed by atoms with Gasteiger partial charge in [-0.2, -0.15) is 0 Å². The molecule has 1 aromatic heterocycles. The average molecular weight is 263 g/mol. The van der Waals surface area contributed by atoms with Crippen molar-refractivity contribution in [1.29, 1.82) is 0 Å². The summed E-state index contributed by atoms with van der Waals surface area (Å²) in [4.78, 5) is 27.9. The maximum atomic E-state index is 11.9. The van der Waals surface area contributed by atoms with E-state index < -0.39 is 17.6 Å². The minimum atomic E-state index is -1.10. The first-order valence-corrected chi connectivity index (χ1v) is 5.63. The van der Waals surface area contributed by atoms with Crippen LogP contribution in [-0.2, 0) is 9.63 Å². The fourth-order valence-electron chi connectivity index (χ4n) is 1.77. The van der Waals surface area contributed by atoms with Gasteiger partial charge in [0.25, 0.3) is 0 Å². The molecule has 0 aliphatic rings. The zero-order valence-corrected chi connectivity index (χ0v) is 10.5. The number of carboxylic acid groups (broad SMARTS) is 1. The van der Waals surface area contributed by atoms with Crippen LogP contribution in [0, 0.1) is 0 Å². The van der Waals surface area contributed by atoms with Crippen LogP contribution in [0.4, 0.5) is 5.69 Å². The monoisotopic (exact) mass is 263 g/mol. The number of rotatable bonds is 4.